The van der Waals surface area contributed by atoms with Gasteiger partial charge in [-0.15, -0.1) is 23.7 Å². The number of amides is 1. The second-order valence-corrected chi connectivity index (χ2v) is 6.96. The summed E-state index contributed by atoms with van der Waals surface area (Å²) >= 11 is 1.42. The monoisotopic (exact) mass is 365 g/mol. The van der Waals surface area contributed by atoms with Crippen LogP contribution in [0.5, 0.6) is 0 Å². The van der Waals surface area contributed by atoms with E-state index in [1.165, 1.54) is 11.3 Å². The van der Waals surface area contributed by atoms with Crippen molar-refractivity contribution in [3.05, 3.63) is 35.8 Å². The van der Waals surface area contributed by atoms with Gasteiger partial charge in [-0.25, -0.2) is 9.78 Å². The van der Waals surface area contributed by atoms with E-state index < -0.39 is 0 Å². The van der Waals surface area contributed by atoms with E-state index in [-0.39, 0.29) is 24.6 Å². The van der Waals surface area contributed by atoms with Crippen molar-refractivity contribution in [1.29, 1.82) is 0 Å². The number of hydrogen-bond acceptors (Lipinski definition) is 5. The Morgan fingerprint density at radius 2 is 2.00 bits per heavy atom. The van der Waals surface area contributed by atoms with Gasteiger partial charge in [0.05, 0.1) is 5.51 Å². The number of aromatic nitrogens is 1. The van der Waals surface area contributed by atoms with E-state index in [0.29, 0.717) is 5.92 Å². The zero-order chi connectivity index (χ0) is 15.6. The Kier molecular flexibility index (Phi) is 5.38. The maximum atomic E-state index is 12.3. The van der Waals surface area contributed by atoms with Crippen molar-refractivity contribution in [2.75, 3.05) is 25.0 Å². The molecule has 7 heteroatoms. The minimum Gasteiger partial charge on any atom is -0.444 e. The van der Waals surface area contributed by atoms with Gasteiger partial charge in [0.1, 0.15) is 16.8 Å². The van der Waals surface area contributed by atoms with Gasteiger partial charge >= 0.3 is 6.09 Å². The number of nitrogens with zero attached hydrogens (tertiary/aromatic N) is 2. The van der Waals surface area contributed by atoms with E-state index in [1.54, 1.807) is 5.51 Å². The number of ether oxygens (including phenoxy) is 1. The average molecular weight is 366 g/mol. The third-order valence-electron chi connectivity index (χ3n) is 4.68. The van der Waals surface area contributed by atoms with Crippen LogP contribution >= 0.6 is 23.7 Å². The zero-order valence-corrected chi connectivity index (χ0v) is 14.8. The minimum absolute atomic E-state index is 0. The van der Waals surface area contributed by atoms with Crippen molar-refractivity contribution >= 4 is 34.8 Å². The number of nitrogens with one attached hydrogen (secondary N) is 1. The smallest absolute Gasteiger partial charge is 0.412 e. The molecule has 1 aromatic carbocycles. The molecular formula is C17H20ClN3O2S. The van der Waals surface area contributed by atoms with Crippen LogP contribution < -0.4 is 5.32 Å². The van der Waals surface area contributed by atoms with Gasteiger partial charge in [0.2, 0.25) is 0 Å². The fourth-order valence-corrected chi connectivity index (χ4v) is 4.13. The maximum Gasteiger partial charge on any atom is 0.412 e. The number of carbonyl (C=O) groups excluding carboxylic acids is 1. The molecule has 2 aromatic rings. The average Bonchev–Trinajstić information content (AvgIpc) is 3.04. The first-order valence-corrected chi connectivity index (χ1v) is 8.86. The molecule has 3 fully saturated rings. The van der Waals surface area contributed by atoms with Crippen LogP contribution in [0.3, 0.4) is 0 Å². The summed E-state index contributed by atoms with van der Waals surface area (Å²) in [4.78, 5) is 19.0. The third kappa shape index (κ3) is 3.55. The predicted octanol–water partition coefficient (Wildman–Crippen LogP) is 3.87. The van der Waals surface area contributed by atoms with Gasteiger partial charge in [0, 0.05) is 12.1 Å². The third-order valence-corrected chi connectivity index (χ3v) is 5.43. The second-order valence-electron chi connectivity index (χ2n) is 6.10. The Labute approximate surface area is 151 Å². The zero-order valence-electron chi connectivity index (χ0n) is 13.2. The molecule has 3 saturated heterocycles. The quantitative estimate of drug-likeness (QED) is 0.896. The van der Waals surface area contributed by atoms with Crippen molar-refractivity contribution in [2.24, 2.45) is 5.92 Å². The molecule has 3 aliphatic rings. The summed E-state index contributed by atoms with van der Waals surface area (Å²) < 4.78 is 5.68. The standard InChI is InChI=1S/C17H19N3O2S.ClH/c21-17(22-14-10-20-8-6-12(14)7-9-20)19-16-15(18-11-23-16)13-4-2-1-3-5-13;/h1-5,11-12,14H,6-10H2,(H,19,21);1H/t14-;/m0./s1. The highest BCUT2D eigenvalue weighted by Gasteiger charge is 2.36. The van der Waals surface area contributed by atoms with Crippen molar-refractivity contribution < 1.29 is 9.53 Å². The number of rotatable bonds is 3. The second kappa shape index (κ2) is 7.51. The summed E-state index contributed by atoms with van der Waals surface area (Å²) in [6.45, 7) is 3.14. The fraction of sp³-hybridized carbons (Fsp3) is 0.412. The highest BCUT2D eigenvalue weighted by molar-refractivity contribution is 7.14. The van der Waals surface area contributed by atoms with E-state index in [4.69, 9.17) is 4.74 Å². The Hall–Kier alpha value is -1.63. The summed E-state index contributed by atoms with van der Waals surface area (Å²) in [6, 6.07) is 9.86. The van der Waals surface area contributed by atoms with Crippen molar-refractivity contribution in [3.63, 3.8) is 0 Å². The molecule has 1 amide bonds. The Morgan fingerprint density at radius 3 is 2.67 bits per heavy atom. The molecule has 5 rings (SSSR count). The first-order chi connectivity index (χ1) is 11.3. The van der Waals surface area contributed by atoms with Crippen LogP contribution in [0.1, 0.15) is 12.8 Å². The van der Waals surface area contributed by atoms with E-state index in [1.807, 2.05) is 30.3 Å². The van der Waals surface area contributed by atoms with Gasteiger partial charge in [0.15, 0.2) is 0 Å². The minimum atomic E-state index is -0.370. The number of anilines is 1. The molecule has 0 spiro atoms. The van der Waals surface area contributed by atoms with Crippen molar-refractivity contribution in [3.8, 4) is 11.3 Å². The number of thiazole rings is 1. The first kappa shape index (κ1) is 17.2. The number of fused-ring (bicyclic) bond motifs is 3. The van der Waals surface area contributed by atoms with Gasteiger partial charge in [-0.05, 0) is 31.8 Å². The molecule has 3 aliphatic heterocycles. The number of hydrogen-bond donors (Lipinski definition) is 1. The summed E-state index contributed by atoms with van der Waals surface area (Å²) in [5, 5.41) is 3.61. The number of piperidine rings is 3. The highest BCUT2D eigenvalue weighted by atomic mass is 35.5. The Morgan fingerprint density at radius 1 is 1.25 bits per heavy atom. The van der Waals surface area contributed by atoms with Gasteiger partial charge in [0.25, 0.3) is 0 Å². The maximum absolute atomic E-state index is 12.3. The molecule has 4 heterocycles. The molecule has 0 radical (unpaired) electrons. The summed E-state index contributed by atoms with van der Waals surface area (Å²) in [6.07, 6.45) is 1.91. The van der Waals surface area contributed by atoms with Crippen LogP contribution in [-0.2, 0) is 4.74 Å². The van der Waals surface area contributed by atoms with Crippen molar-refractivity contribution in [1.82, 2.24) is 9.88 Å². The Bertz CT molecular complexity index is 686. The number of benzene rings is 1. The molecule has 0 saturated carbocycles. The molecule has 1 atom stereocenters. The molecule has 0 aliphatic carbocycles. The van der Waals surface area contributed by atoms with Gasteiger partial charge in [-0.3, -0.25) is 10.2 Å². The van der Waals surface area contributed by atoms with Gasteiger partial charge in [-0.2, -0.15) is 0 Å². The molecule has 1 N–H and O–H groups in total. The lowest BCUT2D eigenvalue weighted by Gasteiger charge is -2.43. The highest BCUT2D eigenvalue weighted by Crippen LogP contribution is 2.32. The largest absolute Gasteiger partial charge is 0.444 e. The normalized spacial score (nSPS) is 24.9. The molecule has 128 valence electrons. The lowest BCUT2D eigenvalue weighted by atomic mass is 9.86. The Balaban J connectivity index is 0.00000169. The molecule has 5 nitrogen and oxygen atoms in total. The van der Waals surface area contributed by atoms with Gasteiger partial charge in [-0.1, -0.05) is 30.3 Å². The van der Waals surface area contributed by atoms with Crippen LogP contribution in [0.2, 0.25) is 0 Å². The molecule has 24 heavy (non-hydrogen) atoms. The topological polar surface area (TPSA) is 54.5 Å². The summed E-state index contributed by atoms with van der Waals surface area (Å²) in [5.74, 6) is 0.515. The lowest BCUT2D eigenvalue weighted by molar-refractivity contribution is -0.0289. The first-order valence-electron chi connectivity index (χ1n) is 7.98. The van der Waals surface area contributed by atoms with E-state index in [2.05, 4.69) is 15.2 Å². The number of halogens is 1. The predicted molar refractivity (Wildman–Crippen MR) is 97.9 cm³/mol. The van der Waals surface area contributed by atoms with Crippen LogP contribution in [-0.4, -0.2) is 41.7 Å². The summed E-state index contributed by atoms with van der Waals surface area (Å²) in [5.41, 5.74) is 3.53. The summed E-state index contributed by atoms with van der Waals surface area (Å²) in [7, 11) is 0. The van der Waals surface area contributed by atoms with Crippen LogP contribution in [0.25, 0.3) is 11.3 Å². The van der Waals surface area contributed by atoms with Crippen molar-refractivity contribution in [2.45, 2.75) is 18.9 Å². The molecule has 1 aromatic heterocycles. The van der Waals surface area contributed by atoms with E-state index >= 15 is 0 Å². The number of carbonyl (C=O) groups is 1. The lowest BCUT2D eigenvalue weighted by Crippen LogP contribution is -2.52. The van der Waals surface area contributed by atoms with Crippen LogP contribution in [0.4, 0.5) is 9.80 Å². The van der Waals surface area contributed by atoms with Gasteiger partial charge < -0.3 is 4.74 Å². The van der Waals surface area contributed by atoms with Crippen LogP contribution in [0, 0.1) is 5.92 Å². The fourth-order valence-electron chi connectivity index (χ4n) is 3.44. The SMILES string of the molecule is Cl.O=C(Nc1scnc1-c1ccccc1)O[C@H]1CN2CCC1CC2. The van der Waals surface area contributed by atoms with E-state index in [9.17, 15) is 4.79 Å². The molecule has 2 bridgehead atoms. The molecular weight excluding hydrogens is 346 g/mol. The van der Waals surface area contributed by atoms with Crippen LogP contribution in [0.15, 0.2) is 35.8 Å². The van der Waals surface area contributed by atoms with E-state index in [0.717, 1.165) is 48.7 Å². The molecule has 0 unspecified atom stereocenters.